The zero-order valence-corrected chi connectivity index (χ0v) is 15.5. The summed E-state index contributed by atoms with van der Waals surface area (Å²) < 4.78 is 31.5. The molecule has 22 heavy (non-hydrogen) atoms. The number of carbonyl (C=O) groups is 1. The highest BCUT2D eigenvalue weighted by Gasteiger charge is 2.21. The van der Waals surface area contributed by atoms with Gasteiger partial charge < -0.3 is 10.1 Å². The van der Waals surface area contributed by atoms with Gasteiger partial charge >= 0.3 is 6.09 Å². The van der Waals surface area contributed by atoms with Gasteiger partial charge in [-0.2, -0.15) is 0 Å². The number of rotatable bonds is 9. The van der Waals surface area contributed by atoms with Gasteiger partial charge in [-0.15, -0.1) is 0 Å². The Hall–Kier alpha value is -0.820. The van der Waals surface area contributed by atoms with Gasteiger partial charge in [0.05, 0.1) is 5.75 Å². The number of nitrogens with one attached hydrogen (secondary N) is 2. The molecule has 0 aromatic heterocycles. The van der Waals surface area contributed by atoms with Crippen LogP contribution in [0.4, 0.5) is 4.79 Å². The minimum absolute atomic E-state index is 0.115. The van der Waals surface area contributed by atoms with Crippen molar-refractivity contribution in [3.05, 3.63) is 0 Å². The fourth-order valence-electron chi connectivity index (χ4n) is 1.87. The molecule has 6 nitrogen and oxygen atoms in total. The number of amides is 1. The normalized spacial score (nSPS) is 14.0. The monoisotopic (exact) mass is 336 g/mol. The van der Waals surface area contributed by atoms with Crippen LogP contribution >= 0.6 is 0 Å². The molecule has 1 amide bonds. The molecule has 0 aromatic carbocycles. The third kappa shape index (κ3) is 11.8. The lowest BCUT2D eigenvalue weighted by molar-refractivity contribution is 0.0499. The molecule has 0 unspecified atom stereocenters. The van der Waals surface area contributed by atoms with E-state index >= 15 is 0 Å². The molecule has 1 atom stereocenters. The number of hydrogen-bond acceptors (Lipinski definition) is 4. The van der Waals surface area contributed by atoms with Gasteiger partial charge in [0.15, 0.2) is 0 Å². The van der Waals surface area contributed by atoms with Gasteiger partial charge in [0, 0.05) is 12.6 Å². The van der Waals surface area contributed by atoms with Crippen molar-refractivity contribution in [2.45, 2.75) is 72.4 Å². The van der Waals surface area contributed by atoms with Gasteiger partial charge in [0.1, 0.15) is 5.60 Å². The first-order chi connectivity index (χ1) is 9.95. The molecule has 0 saturated heterocycles. The molecule has 0 saturated carbocycles. The summed E-state index contributed by atoms with van der Waals surface area (Å²) in [5, 5.41) is 2.75. The largest absolute Gasteiger partial charge is 0.444 e. The molecule has 7 heteroatoms. The molecule has 0 radical (unpaired) electrons. The number of carbonyl (C=O) groups excluding carboxylic acids is 1. The van der Waals surface area contributed by atoms with Crippen molar-refractivity contribution in [3.8, 4) is 0 Å². The summed E-state index contributed by atoms with van der Waals surface area (Å²) in [4.78, 5) is 11.8. The molecule has 0 aliphatic rings. The number of hydrogen-bond donors (Lipinski definition) is 2. The summed E-state index contributed by atoms with van der Waals surface area (Å²) in [5.74, 6) is 0.449. The summed E-state index contributed by atoms with van der Waals surface area (Å²) in [5.41, 5.74) is -0.576. The Balaban J connectivity index is 4.55. The summed E-state index contributed by atoms with van der Waals surface area (Å²) in [7, 11) is -3.29. The first kappa shape index (κ1) is 21.2. The average molecular weight is 336 g/mol. The second-order valence-corrected chi connectivity index (χ2v) is 8.92. The van der Waals surface area contributed by atoms with Crippen molar-refractivity contribution < 1.29 is 17.9 Å². The molecule has 0 spiro atoms. The Bertz CT molecular complexity index is 427. The SMILES string of the molecule is CCCCS(=O)(=O)NC[C@H](CC(C)C)NC(=O)OC(C)(C)C. The van der Waals surface area contributed by atoms with E-state index in [-0.39, 0.29) is 18.3 Å². The van der Waals surface area contributed by atoms with Crippen LogP contribution < -0.4 is 10.0 Å². The fourth-order valence-corrected chi connectivity index (χ4v) is 3.14. The molecule has 0 aliphatic carbocycles. The van der Waals surface area contributed by atoms with Gasteiger partial charge in [0.25, 0.3) is 0 Å². The van der Waals surface area contributed by atoms with Gasteiger partial charge in [-0.3, -0.25) is 0 Å². The number of sulfonamides is 1. The molecule has 0 aromatic rings. The van der Waals surface area contributed by atoms with Crippen molar-refractivity contribution in [3.63, 3.8) is 0 Å². The maximum Gasteiger partial charge on any atom is 0.407 e. The third-order valence-electron chi connectivity index (χ3n) is 2.79. The number of ether oxygens (including phenoxy) is 1. The van der Waals surface area contributed by atoms with E-state index in [0.29, 0.717) is 18.8 Å². The van der Waals surface area contributed by atoms with E-state index in [1.807, 2.05) is 20.8 Å². The second-order valence-electron chi connectivity index (χ2n) is 6.99. The predicted octanol–water partition coefficient (Wildman–Crippen LogP) is 2.65. The van der Waals surface area contributed by atoms with Gasteiger partial charge in [-0.05, 0) is 39.5 Å². The van der Waals surface area contributed by atoms with E-state index in [2.05, 4.69) is 10.0 Å². The molecule has 0 rings (SSSR count). The van der Waals surface area contributed by atoms with Crippen LogP contribution in [0.25, 0.3) is 0 Å². The van der Waals surface area contributed by atoms with Crippen molar-refractivity contribution in [2.75, 3.05) is 12.3 Å². The zero-order valence-electron chi connectivity index (χ0n) is 14.7. The Morgan fingerprint density at radius 3 is 2.27 bits per heavy atom. The topological polar surface area (TPSA) is 84.5 Å². The van der Waals surface area contributed by atoms with Gasteiger partial charge in [0.2, 0.25) is 10.0 Å². The molecular formula is C15H32N2O4S. The molecule has 0 fully saturated rings. The van der Waals surface area contributed by atoms with Crippen LogP contribution in [-0.4, -0.2) is 38.5 Å². The maximum absolute atomic E-state index is 11.8. The van der Waals surface area contributed by atoms with Crippen LogP contribution in [0.5, 0.6) is 0 Å². The Labute approximate surface area is 135 Å². The van der Waals surface area contributed by atoms with Gasteiger partial charge in [-0.25, -0.2) is 17.9 Å². The van der Waals surface area contributed by atoms with Crippen LogP contribution in [-0.2, 0) is 14.8 Å². The van der Waals surface area contributed by atoms with E-state index < -0.39 is 21.7 Å². The van der Waals surface area contributed by atoms with Crippen LogP contribution in [0.1, 0.15) is 60.8 Å². The first-order valence-electron chi connectivity index (χ1n) is 7.92. The summed E-state index contributed by atoms with van der Waals surface area (Å²) in [6.45, 7) is 11.5. The van der Waals surface area contributed by atoms with Crippen molar-refractivity contribution in [2.24, 2.45) is 5.92 Å². The Kier molecular flexibility index (Phi) is 9.00. The van der Waals surface area contributed by atoms with E-state index in [0.717, 1.165) is 6.42 Å². The van der Waals surface area contributed by atoms with Crippen LogP contribution in [0.15, 0.2) is 0 Å². The fraction of sp³-hybridized carbons (Fsp3) is 0.933. The van der Waals surface area contributed by atoms with Crippen molar-refractivity contribution in [1.29, 1.82) is 0 Å². The highest BCUT2D eigenvalue weighted by molar-refractivity contribution is 7.89. The Morgan fingerprint density at radius 1 is 1.23 bits per heavy atom. The lowest BCUT2D eigenvalue weighted by Crippen LogP contribution is -2.46. The number of alkyl carbamates (subject to hydrolysis) is 1. The van der Waals surface area contributed by atoms with E-state index in [1.165, 1.54) is 0 Å². The lowest BCUT2D eigenvalue weighted by Gasteiger charge is -2.24. The summed E-state index contributed by atoms with van der Waals surface area (Å²) in [6, 6.07) is -0.286. The smallest absolute Gasteiger partial charge is 0.407 e. The van der Waals surface area contributed by atoms with Crippen LogP contribution in [0, 0.1) is 5.92 Å². The van der Waals surface area contributed by atoms with Gasteiger partial charge in [-0.1, -0.05) is 27.2 Å². The molecule has 0 heterocycles. The lowest BCUT2D eigenvalue weighted by atomic mass is 10.0. The second kappa shape index (κ2) is 9.35. The molecule has 132 valence electrons. The van der Waals surface area contributed by atoms with E-state index in [9.17, 15) is 13.2 Å². The van der Waals surface area contributed by atoms with E-state index in [1.54, 1.807) is 20.8 Å². The van der Waals surface area contributed by atoms with Crippen LogP contribution in [0.2, 0.25) is 0 Å². The summed E-state index contributed by atoms with van der Waals surface area (Å²) in [6.07, 6.45) is 1.61. The van der Waals surface area contributed by atoms with Crippen molar-refractivity contribution in [1.82, 2.24) is 10.0 Å². The minimum atomic E-state index is -3.29. The molecule has 0 aliphatic heterocycles. The highest BCUT2D eigenvalue weighted by Crippen LogP contribution is 2.09. The average Bonchev–Trinajstić information content (AvgIpc) is 2.30. The zero-order chi connectivity index (χ0) is 17.4. The molecule has 0 bridgehead atoms. The summed E-state index contributed by atoms with van der Waals surface area (Å²) >= 11 is 0. The highest BCUT2D eigenvalue weighted by atomic mass is 32.2. The molecule has 2 N–H and O–H groups in total. The minimum Gasteiger partial charge on any atom is -0.444 e. The quantitative estimate of drug-likeness (QED) is 0.678. The maximum atomic E-state index is 11.8. The Morgan fingerprint density at radius 2 is 1.82 bits per heavy atom. The van der Waals surface area contributed by atoms with Crippen molar-refractivity contribution >= 4 is 16.1 Å². The number of unbranched alkanes of at least 4 members (excludes halogenated alkanes) is 1. The molecular weight excluding hydrogens is 304 g/mol. The first-order valence-corrected chi connectivity index (χ1v) is 9.57. The standard InChI is InChI=1S/C15H32N2O4S/c1-7-8-9-22(19,20)16-11-13(10-12(2)3)17-14(18)21-15(4,5)6/h12-13,16H,7-11H2,1-6H3,(H,17,18)/t13-/m0/s1. The predicted molar refractivity (Wildman–Crippen MR) is 89.3 cm³/mol. The third-order valence-corrected chi connectivity index (χ3v) is 4.23. The van der Waals surface area contributed by atoms with E-state index in [4.69, 9.17) is 4.74 Å². The van der Waals surface area contributed by atoms with Crippen LogP contribution in [0.3, 0.4) is 0 Å².